The van der Waals surface area contributed by atoms with Crippen molar-refractivity contribution in [1.82, 2.24) is 10.2 Å². The zero-order valence-corrected chi connectivity index (χ0v) is 15.3. The van der Waals surface area contributed by atoms with Crippen LogP contribution in [0.2, 0.25) is 0 Å². The van der Waals surface area contributed by atoms with Gasteiger partial charge in [0, 0.05) is 37.1 Å². The molecule has 1 aromatic carbocycles. The summed E-state index contributed by atoms with van der Waals surface area (Å²) < 4.78 is 10.8. The van der Waals surface area contributed by atoms with Gasteiger partial charge in [-0.25, -0.2) is 0 Å². The smallest absolute Gasteiger partial charge is 0.118 e. The first-order valence-corrected chi connectivity index (χ1v) is 9.35. The Morgan fingerprint density at radius 3 is 2.58 bits per heavy atom. The molecular formula is C19H26N2O2S. The molecular weight excluding hydrogens is 320 g/mol. The van der Waals surface area contributed by atoms with Crippen LogP contribution in [-0.4, -0.2) is 44.9 Å². The van der Waals surface area contributed by atoms with E-state index in [1.165, 1.54) is 16.0 Å². The molecule has 0 amide bonds. The van der Waals surface area contributed by atoms with E-state index in [-0.39, 0.29) is 0 Å². The fraction of sp³-hybridized carbons (Fsp3) is 0.474. The Labute approximate surface area is 148 Å². The number of nitrogens with zero attached hydrogens (tertiary/aromatic N) is 1. The van der Waals surface area contributed by atoms with Gasteiger partial charge in [0.25, 0.3) is 0 Å². The van der Waals surface area contributed by atoms with Crippen LogP contribution in [-0.2, 0) is 11.3 Å². The van der Waals surface area contributed by atoms with E-state index < -0.39 is 0 Å². The maximum absolute atomic E-state index is 5.52. The van der Waals surface area contributed by atoms with Crippen molar-refractivity contribution in [3.63, 3.8) is 0 Å². The van der Waals surface area contributed by atoms with Crippen molar-refractivity contribution in [3.8, 4) is 5.75 Å². The standard InChI is InChI=1S/C19H26N2O2S/c1-15-7-12-24-19(15)14-20-13-18(21-8-10-23-11-9-21)16-3-5-17(22-2)6-4-16/h3-7,12,18,20H,8-11,13-14H2,1-2H3. The van der Waals surface area contributed by atoms with E-state index in [9.17, 15) is 0 Å². The molecule has 5 heteroatoms. The number of ether oxygens (including phenoxy) is 2. The van der Waals surface area contributed by atoms with Gasteiger partial charge in [0.1, 0.15) is 5.75 Å². The van der Waals surface area contributed by atoms with Crippen LogP contribution in [0.5, 0.6) is 5.75 Å². The molecule has 1 aliphatic rings. The molecule has 2 aromatic rings. The highest BCUT2D eigenvalue weighted by Crippen LogP contribution is 2.24. The van der Waals surface area contributed by atoms with Crippen molar-refractivity contribution in [1.29, 1.82) is 0 Å². The molecule has 0 aliphatic carbocycles. The predicted octanol–water partition coefficient (Wildman–Crippen LogP) is 3.23. The van der Waals surface area contributed by atoms with Crippen LogP contribution < -0.4 is 10.1 Å². The molecule has 24 heavy (non-hydrogen) atoms. The quantitative estimate of drug-likeness (QED) is 0.835. The Morgan fingerprint density at radius 1 is 1.21 bits per heavy atom. The first-order valence-electron chi connectivity index (χ1n) is 8.47. The second-order valence-electron chi connectivity index (χ2n) is 6.09. The Bertz CT molecular complexity index is 621. The summed E-state index contributed by atoms with van der Waals surface area (Å²) in [6.07, 6.45) is 0. The van der Waals surface area contributed by atoms with Crippen molar-refractivity contribution < 1.29 is 9.47 Å². The number of rotatable bonds is 7. The van der Waals surface area contributed by atoms with Gasteiger partial charge in [0.2, 0.25) is 0 Å². The van der Waals surface area contributed by atoms with Crippen LogP contribution >= 0.6 is 11.3 Å². The highest BCUT2D eigenvalue weighted by molar-refractivity contribution is 7.10. The van der Waals surface area contributed by atoms with Crippen LogP contribution in [0, 0.1) is 6.92 Å². The first kappa shape index (κ1) is 17.4. The molecule has 0 spiro atoms. The van der Waals surface area contributed by atoms with E-state index in [0.29, 0.717) is 6.04 Å². The third-order valence-electron chi connectivity index (χ3n) is 4.58. The number of hydrogen-bond donors (Lipinski definition) is 1. The SMILES string of the molecule is COc1ccc(C(CNCc2sccc2C)N2CCOCC2)cc1. The van der Waals surface area contributed by atoms with Crippen molar-refractivity contribution in [2.24, 2.45) is 0 Å². The van der Waals surface area contributed by atoms with Crippen LogP contribution in [0.25, 0.3) is 0 Å². The molecule has 1 N–H and O–H groups in total. The first-order chi connectivity index (χ1) is 11.8. The summed E-state index contributed by atoms with van der Waals surface area (Å²) in [5, 5.41) is 5.81. The summed E-state index contributed by atoms with van der Waals surface area (Å²) in [6, 6.07) is 11.0. The van der Waals surface area contributed by atoms with Gasteiger partial charge < -0.3 is 14.8 Å². The minimum atomic E-state index is 0.361. The summed E-state index contributed by atoms with van der Waals surface area (Å²) in [4.78, 5) is 3.94. The molecule has 1 fully saturated rings. The Balaban J connectivity index is 1.67. The summed E-state index contributed by atoms with van der Waals surface area (Å²) in [5.74, 6) is 0.904. The molecule has 1 atom stereocenters. The summed E-state index contributed by atoms with van der Waals surface area (Å²) in [5.41, 5.74) is 2.70. The Hall–Kier alpha value is -1.40. The third kappa shape index (κ3) is 4.36. The van der Waals surface area contributed by atoms with Crippen molar-refractivity contribution in [2.45, 2.75) is 19.5 Å². The molecule has 3 rings (SSSR count). The fourth-order valence-corrected chi connectivity index (χ4v) is 3.96. The molecule has 130 valence electrons. The second-order valence-corrected chi connectivity index (χ2v) is 7.10. The number of thiophene rings is 1. The summed E-state index contributed by atoms with van der Waals surface area (Å²) >= 11 is 1.82. The van der Waals surface area contributed by atoms with E-state index >= 15 is 0 Å². The second kappa shape index (κ2) is 8.62. The Morgan fingerprint density at radius 2 is 1.96 bits per heavy atom. The number of benzene rings is 1. The number of nitrogens with one attached hydrogen (secondary N) is 1. The van der Waals surface area contributed by atoms with E-state index in [1.54, 1.807) is 7.11 Å². The minimum Gasteiger partial charge on any atom is -0.497 e. The molecule has 1 saturated heterocycles. The van der Waals surface area contributed by atoms with Crippen molar-refractivity contribution in [2.75, 3.05) is 40.0 Å². The lowest BCUT2D eigenvalue weighted by atomic mass is 10.0. The maximum Gasteiger partial charge on any atom is 0.118 e. The van der Waals surface area contributed by atoms with E-state index in [1.807, 2.05) is 23.5 Å². The number of aryl methyl sites for hydroxylation is 1. The van der Waals surface area contributed by atoms with Crippen molar-refractivity contribution in [3.05, 3.63) is 51.7 Å². The fourth-order valence-electron chi connectivity index (χ4n) is 3.08. The molecule has 0 radical (unpaired) electrons. The average molecular weight is 346 g/mol. The lowest BCUT2D eigenvalue weighted by molar-refractivity contribution is 0.0161. The van der Waals surface area contributed by atoms with E-state index in [0.717, 1.165) is 45.1 Å². The predicted molar refractivity (Wildman–Crippen MR) is 98.9 cm³/mol. The van der Waals surface area contributed by atoms with Gasteiger partial charge in [-0.1, -0.05) is 12.1 Å². The highest BCUT2D eigenvalue weighted by Gasteiger charge is 2.22. The van der Waals surface area contributed by atoms with E-state index in [2.05, 4.69) is 40.7 Å². The third-order valence-corrected chi connectivity index (χ3v) is 5.60. The Kier molecular flexibility index (Phi) is 6.26. The van der Waals surface area contributed by atoms with Crippen LogP contribution in [0.4, 0.5) is 0 Å². The maximum atomic E-state index is 5.52. The molecule has 1 aliphatic heterocycles. The molecule has 1 unspecified atom stereocenters. The average Bonchev–Trinajstić information content (AvgIpc) is 3.05. The minimum absolute atomic E-state index is 0.361. The molecule has 4 nitrogen and oxygen atoms in total. The summed E-state index contributed by atoms with van der Waals surface area (Å²) in [6.45, 7) is 7.64. The van der Waals surface area contributed by atoms with Gasteiger partial charge in [0.05, 0.1) is 20.3 Å². The molecule has 2 heterocycles. The van der Waals surface area contributed by atoms with Crippen LogP contribution in [0.15, 0.2) is 35.7 Å². The zero-order valence-electron chi connectivity index (χ0n) is 14.5. The number of hydrogen-bond acceptors (Lipinski definition) is 5. The van der Waals surface area contributed by atoms with Gasteiger partial charge in [-0.3, -0.25) is 4.90 Å². The normalized spacial score (nSPS) is 16.9. The molecule has 1 aromatic heterocycles. The van der Waals surface area contributed by atoms with Gasteiger partial charge in [-0.2, -0.15) is 0 Å². The van der Waals surface area contributed by atoms with Crippen LogP contribution in [0.3, 0.4) is 0 Å². The van der Waals surface area contributed by atoms with E-state index in [4.69, 9.17) is 9.47 Å². The highest BCUT2D eigenvalue weighted by atomic mass is 32.1. The van der Waals surface area contributed by atoms with Gasteiger partial charge in [-0.05, 0) is 41.6 Å². The zero-order chi connectivity index (χ0) is 16.8. The van der Waals surface area contributed by atoms with Crippen LogP contribution in [0.1, 0.15) is 22.0 Å². The monoisotopic (exact) mass is 346 g/mol. The summed E-state index contributed by atoms with van der Waals surface area (Å²) in [7, 11) is 1.71. The lowest BCUT2D eigenvalue weighted by Crippen LogP contribution is -2.42. The largest absolute Gasteiger partial charge is 0.497 e. The number of methoxy groups -OCH3 is 1. The van der Waals surface area contributed by atoms with Gasteiger partial charge in [-0.15, -0.1) is 11.3 Å². The van der Waals surface area contributed by atoms with Crippen molar-refractivity contribution >= 4 is 11.3 Å². The molecule has 0 bridgehead atoms. The van der Waals surface area contributed by atoms with Gasteiger partial charge >= 0.3 is 0 Å². The lowest BCUT2D eigenvalue weighted by Gasteiger charge is -2.35. The molecule has 0 saturated carbocycles. The number of morpholine rings is 1. The van der Waals surface area contributed by atoms with Gasteiger partial charge in [0.15, 0.2) is 0 Å². The topological polar surface area (TPSA) is 33.7 Å².